The minimum absolute atomic E-state index is 0.0534. The molecule has 0 spiro atoms. The molecule has 1 amide bonds. The molecule has 0 aliphatic heterocycles. The van der Waals surface area contributed by atoms with Crippen LogP contribution in [0, 0.1) is 0 Å². The van der Waals surface area contributed by atoms with Gasteiger partial charge in [0.05, 0.1) is 6.54 Å². The van der Waals surface area contributed by atoms with Crippen molar-refractivity contribution in [3.8, 4) is 0 Å². The van der Waals surface area contributed by atoms with Crippen molar-refractivity contribution >= 4 is 23.1 Å². The van der Waals surface area contributed by atoms with Crippen molar-refractivity contribution < 1.29 is 4.79 Å². The molecule has 2 rings (SSSR count). The monoisotopic (exact) mass is 303 g/mol. The molecule has 5 heteroatoms. The van der Waals surface area contributed by atoms with Gasteiger partial charge in [-0.05, 0) is 36.9 Å². The summed E-state index contributed by atoms with van der Waals surface area (Å²) < 4.78 is 0. The molecule has 0 aromatic carbocycles. The standard InChI is InChI=1S/C16H21N3OS/c1-3-6-13-9-12(10-15(19-13)17-4-2)16(20)18-11-14-7-5-8-21-14/h5,7-10H,3-4,6,11H2,1-2H3,(H,17,19)(H,18,20). The van der Waals surface area contributed by atoms with Gasteiger partial charge >= 0.3 is 0 Å². The summed E-state index contributed by atoms with van der Waals surface area (Å²) in [5, 5.41) is 8.15. The molecule has 0 saturated carbocycles. The van der Waals surface area contributed by atoms with Crippen molar-refractivity contribution in [2.24, 2.45) is 0 Å². The summed E-state index contributed by atoms with van der Waals surface area (Å²) >= 11 is 1.64. The van der Waals surface area contributed by atoms with Crippen LogP contribution in [-0.2, 0) is 13.0 Å². The lowest BCUT2D eigenvalue weighted by Gasteiger charge is -2.09. The summed E-state index contributed by atoms with van der Waals surface area (Å²) in [6.45, 7) is 5.49. The zero-order valence-corrected chi connectivity index (χ0v) is 13.3. The minimum atomic E-state index is -0.0534. The molecule has 21 heavy (non-hydrogen) atoms. The van der Waals surface area contributed by atoms with Crippen molar-refractivity contribution in [3.63, 3.8) is 0 Å². The van der Waals surface area contributed by atoms with Crippen LogP contribution in [0.5, 0.6) is 0 Å². The van der Waals surface area contributed by atoms with Crippen LogP contribution >= 0.6 is 11.3 Å². The fraction of sp³-hybridized carbons (Fsp3) is 0.375. The minimum Gasteiger partial charge on any atom is -0.370 e. The van der Waals surface area contributed by atoms with Gasteiger partial charge in [-0.25, -0.2) is 4.98 Å². The topological polar surface area (TPSA) is 54.0 Å². The number of aryl methyl sites for hydroxylation is 1. The Morgan fingerprint density at radius 1 is 1.33 bits per heavy atom. The highest BCUT2D eigenvalue weighted by Gasteiger charge is 2.09. The molecular weight excluding hydrogens is 282 g/mol. The van der Waals surface area contributed by atoms with Gasteiger partial charge in [-0.15, -0.1) is 11.3 Å². The third-order valence-corrected chi connectivity index (χ3v) is 3.88. The number of thiophene rings is 1. The SMILES string of the molecule is CCCc1cc(C(=O)NCc2cccs2)cc(NCC)n1. The van der Waals surface area contributed by atoms with Gasteiger partial charge in [0, 0.05) is 22.7 Å². The Morgan fingerprint density at radius 2 is 2.19 bits per heavy atom. The van der Waals surface area contributed by atoms with Gasteiger partial charge in [-0.1, -0.05) is 19.4 Å². The van der Waals surface area contributed by atoms with Gasteiger partial charge in [-0.2, -0.15) is 0 Å². The highest BCUT2D eigenvalue weighted by Crippen LogP contribution is 2.13. The maximum atomic E-state index is 12.3. The third-order valence-electron chi connectivity index (χ3n) is 3.01. The number of pyridine rings is 1. The van der Waals surface area contributed by atoms with Crippen molar-refractivity contribution in [2.75, 3.05) is 11.9 Å². The molecule has 2 aromatic heterocycles. The molecular formula is C16H21N3OS. The number of carbonyl (C=O) groups is 1. The third kappa shape index (κ3) is 4.56. The summed E-state index contributed by atoms with van der Waals surface area (Å²) in [6, 6.07) is 7.70. The number of nitrogens with zero attached hydrogens (tertiary/aromatic N) is 1. The van der Waals surface area contributed by atoms with E-state index in [4.69, 9.17) is 0 Å². The average Bonchev–Trinajstić information content (AvgIpc) is 2.98. The van der Waals surface area contributed by atoms with E-state index in [2.05, 4.69) is 22.5 Å². The molecule has 2 heterocycles. The summed E-state index contributed by atoms with van der Waals surface area (Å²) in [5.41, 5.74) is 1.62. The number of nitrogens with one attached hydrogen (secondary N) is 2. The second-order valence-electron chi connectivity index (χ2n) is 4.77. The number of amides is 1. The van der Waals surface area contributed by atoms with Crippen LogP contribution in [0.4, 0.5) is 5.82 Å². The molecule has 4 nitrogen and oxygen atoms in total. The maximum Gasteiger partial charge on any atom is 0.251 e. The van der Waals surface area contributed by atoms with E-state index in [-0.39, 0.29) is 5.91 Å². The Hall–Kier alpha value is -1.88. The largest absolute Gasteiger partial charge is 0.370 e. The summed E-state index contributed by atoms with van der Waals surface area (Å²) in [6.07, 6.45) is 1.89. The molecule has 112 valence electrons. The van der Waals surface area contributed by atoms with Crippen molar-refractivity contribution in [2.45, 2.75) is 33.2 Å². The lowest BCUT2D eigenvalue weighted by Crippen LogP contribution is -2.23. The molecule has 0 aliphatic carbocycles. The van der Waals surface area contributed by atoms with E-state index in [1.807, 2.05) is 36.6 Å². The van der Waals surface area contributed by atoms with E-state index in [1.165, 1.54) is 0 Å². The van der Waals surface area contributed by atoms with Crippen LogP contribution in [0.3, 0.4) is 0 Å². The normalized spacial score (nSPS) is 10.4. The average molecular weight is 303 g/mol. The Kier molecular flexibility index (Phi) is 5.75. The summed E-state index contributed by atoms with van der Waals surface area (Å²) in [5.74, 6) is 0.715. The number of carbonyl (C=O) groups excluding carboxylic acids is 1. The Morgan fingerprint density at radius 3 is 2.86 bits per heavy atom. The van der Waals surface area contributed by atoms with Gasteiger partial charge in [0.25, 0.3) is 5.91 Å². The number of rotatable bonds is 7. The molecule has 0 atom stereocenters. The molecule has 0 unspecified atom stereocenters. The molecule has 2 N–H and O–H groups in total. The van der Waals surface area contributed by atoms with E-state index in [0.717, 1.165) is 35.8 Å². The number of aromatic nitrogens is 1. The number of hydrogen-bond donors (Lipinski definition) is 2. The Labute approximate surface area is 129 Å². The van der Waals surface area contributed by atoms with Gasteiger partial charge < -0.3 is 10.6 Å². The molecule has 0 fully saturated rings. The van der Waals surface area contributed by atoms with Crippen LogP contribution in [0.15, 0.2) is 29.6 Å². The summed E-state index contributed by atoms with van der Waals surface area (Å²) in [4.78, 5) is 18.0. The van der Waals surface area contributed by atoms with Gasteiger partial charge in [0.2, 0.25) is 0 Å². The van der Waals surface area contributed by atoms with Crippen LogP contribution in [-0.4, -0.2) is 17.4 Å². The highest BCUT2D eigenvalue weighted by molar-refractivity contribution is 7.09. The Balaban J connectivity index is 2.10. The first kappa shape index (κ1) is 15.5. The quantitative estimate of drug-likeness (QED) is 0.823. The van der Waals surface area contributed by atoms with E-state index in [9.17, 15) is 4.79 Å². The second-order valence-corrected chi connectivity index (χ2v) is 5.81. The fourth-order valence-corrected chi connectivity index (χ4v) is 2.70. The molecule has 0 saturated heterocycles. The predicted molar refractivity (Wildman–Crippen MR) is 87.9 cm³/mol. The van der Waals surface area contributed by atoms with Crippen LogP contribution in [0.25, 0.3) is 0 Å². The smallest absolute Gasteiger partial charge is 0.251 e. The van der Waals surface area contributed by atoms with Gasteiger partial charge in [0.1, 0.15) is 5.82 Å². The van der Waals surface area contributed by atoms with E-state index in [1.54, 1.807) is 11.3 Å². The van der Waals surface area contributed by atoms with Crippen molar-refractivity contribution in [1.82, 2.24) is 10.3 Å². The van der Waals surface area contributed by atoms with Crippen molar-refractivity contribution in [3.05, 3.63) is 45.8 Å². The van der Waals surface area contributed by atoms with E-state index in [0.29, 0.717) is 12.1 Å². The molecule has 0 aliphatic rings. The first-order valence-electron chi connectivity index (χ1n) is 7.28. The fourth-order valence-electron chi connectivity index (χ4n) is 2.06. The molecule has 0 radical (unpaired) electrons. The lowest BCUT2D eigenvalue weighted by molar-refractivity contribution is 0.0951. The van der Waals surface area contributed by atoms with E-state index < -0.39 is 0 Å². The first-order valence-corrected chi connectivity index (χ1v) is 8.16. The molecule has 0 bridgehead atoms. The summed E-state index contributed by atoms with van der Waals surface area (Å²) in [7, 11) is 0. The van der Waals surface area contributed by atoms with Gasteiger partial charge in [0.15, 0.2) is 0 Å². The second kappa shape index (κ2) is 7.78. The Bertz CT molecular complexity index is 557. The van der Waals surface area contributed by atoms with Crippen molar-refractivity contribution in [1.29, 1.82) is 0 Å². The van der Waals surface area contributed by atoms with Gasteiger partial charge in [-0.3, -0.25) is 4.79 Å². The lowest BCUT2D eigenvalue weighted by atomic mass is 10.1. The van der Waals surface area contributed by atoms with E-state index >= 15 is 0 Å². The zero-order chi connectivity index (χ0) is 15.1. The molecule has 2 aromatic rings. The maximum absolute atomic E-state index is 12.3. The highest BCUT2D eigenvalue weighted by atomic mass is 32.1. The van der Waals surface area contributed by atoms with Crippen LogP contribution < -0.4 is 10.6 Å². The van der Waals surface area contributed by atoms with Crippen LogP contribution in [0.1, 0.15) is 41.2 Å². The van der Waals surface area contributed by atoms with Crippen LogP contribution in [0.2, 0.25) is 0 Å². The first-order chi connectivity index (χ1) is 10.2. The number of hydrogen-bond acceptors (Lipinski definition) is 4. The predicted octanol–water partition coefficient (Wildman–Crippen LogP) is 3.46. The number of anilines is 1. The zero-order valence-electron chi connectivity index (χ0n) is 12.5.